The molecule has 1 saturated heterocycles. The summed E-state index contributed by atoms with van der Waals surface area (Å²) >= 11 is 0. The maximum atomic E-state index is 12.4. The molecule has 1 aromatic carbocycles. The smallest absolute Gasteiger partial charge is 0.325 e. The van der Waals surface area contributed by atoms with Crippen molar-refractivity contribution in [3.05, 3.63) is 29.8 Å². The maximum absolute atomic E-state index is 12.4. The van der Waals surface area contributed by atoms with Crippen LogP contribution in [0.4, 0.5) is 5.69 Å². The van der Waals surface area contributed by atoms with E-state index in [1.54, 1.807) is 29.2 Å². The maximum Gasteiger partial charge on any atom is 0.325 e. The summed E-state index contributed by atoms with van der Waals surface area (Å²) in [6.45, 7) is 1.09. The highest BCUT2D eigenvalue weighted by atomic mass is 16.5. The van der Waals surface area contributed by atoms with Gasteiger partial charge in [0.15, 0.2) is 0 Å². The molecule has 1 aliphatic heterocycles. The van der Waals surface area contributed by atoms with Crippen LogP contribution in [0.15, 0.2) is 24.3 Å². The zero-order valence-electron chi connectivity index (χ0n) is 12.0. The van der Waals surface area contributed by atoms with E-state index in [4.69, 9.17) is 0 Å². The predicted molar refractivity (Wildman–Crippen MR) is 78.1 cm³/mol. The molecule has 2 N–H and O–H groups in total. The highest BCUT2D eigenvalue weighted by Crippen LogP contribution is 2.16. The van der Waals surface area contributed by atoms with Crippen molar-refractivity contribution in [3.63, 3.8) is 0 Å². The summed E-state index contributed by atoms with van der Waals surface area (Å²) in [4.78, 5) is 25.1. The van der Waals surface area contributed by atoms with E-state index in [-0.39, 0.29) is 18.4 Å². The molecule has 21 heavy (non-hydrogen) atoms. The first-order valence-electron chi connectivity index (χ1n) is 6.98. The third-order valence-corrected chi connectivity index (χ3v) is 3.46. The summed E-state index contributed by atoms with van der Waals surface area (Å²) in [5.41, 5.74) is 1.22. The Hall–Kier alpha value is -2.08. The second kappa shape index (κ2) is 7.08. The van der Waals surface area contributed by atoms with Crippen LogP contribution in [-0.4, -0.2) is 54.7 Å². The van der Waals surface area contributed by atoms with Gasteiger partial charge in [0.1, 0.15) is 6.54 Å². The van der Waals surface area contributed by atoms with Crippen molar-refractivity contribution in [3.8, 4) is 0 Å². The predicted octanol–water partition coefficient (Wildman–Crippen LogP) is 0.868. The van der Waals surface area contributed by atoms with Crippen LogP contribution in [0.25, 0.3) is 0 Å². The summed E-state index contributed by atoms with van der Waals surface area (Å²) in [7, 11) is 1.33. The van der Waals surface area contributed by atoms with E-state index in [1.807, 2.05) is 0 Å². The average molecular weight is 292 g/mol. The number of β-amino-alcohol motifs (C(OH)–C–C–N with tert-alkyl or cyclic N) is 1. The summed E-state index contributed by atoms with van der Waals surface area (Å²) in [5, 5.41) is 12.6. The number of anilines is 1. The van der Waals surface area contributed by atoms with Crippen LogP contribution in [-0.2, 0) is 9.53 Å². The Bertz CT molecular complexity index is 518. The number of hydrogen-bond donors (Lipinski definition) is 2. The number of nitrogens with one attached hydrogen (secondary N) is 1. The third-order valence-electron chi connectivity index (χ3n) is 3.46. The number of aliphatic hydroxyl groups excluding tert-OH is 1. The highest BCUT2D eigenvalue weighted by Gasteiger charge is 2.23. The normalized spacial score (nSPS) is 18.2. The van der Waals surface area contributed by atoms with Gasteiger partial charge in [-0.3, -0.25) is 9.59 Å². The zero-order valence-corrected chi connectivity index (χ0v) is 12.0. The fourth-order valence-electron chi connectivity index (χ4n) is 2.33. The molecule has 6 nitrogen and oxygen atoms in total. The van der Waals surface area contributed by atoms with Gasteiger partial charge < -0.3 is 20.1 Å². The molecule has 1 heterocycles. The standard InChI is InChI=1S/C15H20N2O4/c1-21-14(19)9-16-12-5-2-4-11(8-12)15(20)17-7-3-6-13(18)10-17/h2,4-5,8,13,16,18H,3,6-7,9-10H2,1H3/t13-/m1/s1. The lowest BCUT2D eigenvalue weighted by Gasteiger charge is -2.30. The summed E-state index contributed by atoms with van der Waals surface area (Å²) in [6, 6.07) is 6.97. The monoisotopic (exact) mass is 292 g/mol. The molecule has 2 rings (SSSR count). The molecule has 0 aliphatic carbocycles. The number of hydrogen-bond acceptors (Lipinski definition) is 5. The summed E-state index contributed by atoms with van der Waals surface area (Å²) < 4.78 is 4.55. The molecule has 6 heteroatoms. The van der Waals surface area contributed by atoms with Crippen molar-refractivity contribution in [1.29, 1.82) is 0 Å². The number of nitrogens with zero attached hydrogens (tertiary/aromatic N) is 1. The molecule has 1 aromatic rings. The van der Waals surface area contributed by atoms with Crippen molar-refractivity contribution < 1.29 is 19.4 Å². The number of methoxy groups -OCH3 is 1. The van der Waals surface area contributed by atoms with E-state index in [0.29, 0.717) is 24.3 Å². The molecule has 1 atom stereocenters. The molecule has 0 saturated carbocycles. The topological polar surface area (TPSA) is 78.9 Å². The quantitative estimate of drug-likeness (QED) is 0.805. The number of carbonyl (C=O) groups excluding carboxylic acids is 2. The van der Waals surface area contributed by atoms with E-state index in [9.17, 15) is 14.7 Å². The Kier molecular flexibility index (Phi) is 5.16. The van der Waals surface area contributed by atoms with E-state index < -0.39 is 6.10 Å². The number of ether oxygens (including phenoxy) is 1. The Morgan fingerprint density at radius 3 is 3.00 bits per heavy atom. The number of carbonyl (C=O) groups is 2. The van der Waals surface area contributed by atoms with Crippen LogP contribution >= 0.6 is 0 Å². The van der Waals surface area contributed by atoms with Crippen LogP contribution in [0.5, 0.6) is 0 Å². The van der Waals surface area contributed by atoms with E-state index in [1.165, 1.54) is 7.11 Å². The van der Waals surface area contributed by atoms with Crippen LogP contribution in [0.3, 0.4) is 0 Å². The van der Waals surface area contributed by atoms with Crippen molar-refractivity contribution in [2.75, 3.05) is 32.1 Å². The average Bonchev–Trinajstić information content (AvgIpc) is 2.52. The number of amides is 1. The van der Waals surface area contributed by atoms with Gasteiger partial charge in [-0.2, -0.15) is 0 Å². The molecule has 1 fully saturated rings. The lowest BCUT2D eigenvalue weighted by Crippen LogP contribution is -2.42. The number of piperidine rings is 1. The molecule has 0 unspecified atom stereocenters. The van der Waals surface area contributed by atoms with Crippen LogP contribution in [0, 0.1) is 0 Å². The minimum Gasteiger partial charge on any atom is -0.468 e. The Labute approximate surface area is 123 Å². The molecule has 1 aliphatic rings. The Morgan fingerprint density at radius 1 is 1.48 bits per heavy atom. The number of rotatable bonds is 4. The largest absolute Gasteiger partial charge is 0.468 e. The second-order valence-electron chi connectivity index (χ2n) is 5.06. The minimum absolute atomic E-state index is 0.0522. The SMILES string of the molecule is COC(=O)CNc1cccc(C(=O)N2CCC[C@@H](O)C2)c1. The molecule has 0 bridgehead atoms. The number of aliphatic hydroxyl groups is 1. The van der Waals surface area contributed by atoms with Gasteiger partial charge in [0, 0.05) is 24.3 Å². The van der Waals surface area contributed by atoms with Gasteiger partial charge in [0.2, 0.25) is 0 Å². The van der Waals surface area contributed by atoms with Gasteiger partial charge in [0.05, 0.1) is 13.2 Å². The zero-order chi connectivity index (χ0) is 15.2. The number of likely N-dealkylation sites (tertiary alicyclic amines) is 1. The third kappa shape index (κ3) is 4.19. The number of benzene rings is 1. The second-order valence-corrected chi connectivity index (χ2v) is 5.06. The van der Waals surface area contributed by atoms with Crippen LogP contribution in [0.1, 0.15) is 23.2 Å². The van der Waals surface area contributed by atoms with Gasteiger partial charge in [-0.05, 0) is 31.0 Å². The fraction of sp³-hybridized carbons (Fsp3) is 0.467. The lowest BCUT2D eigenvalue weighted by molar-refractivity contribution is -0.138. The van der Waals surface area contributed by atoms with E-state index >= 15 is 0 Å². The Balaban J connectivity index is 2.02. The van der Waals surface area contributed by atoms with Gasteiger partial charge in [-0.25, -0.2) is 0 Å². The molecule has 114 valence electrons. The van der Waals surface area contributed by atoms with Crippen LogP contribution in [0.2, 0.25) is 0 Å². The molecule has 0 aromatic heterocycles. The van der Waals surface area contributed by atoms with E-state index in [2.05, 4.69) is 10.1 Å². The van der Waals surface area contributed by atoms with Gasteiger partial charge in [-0.15, -0.1) is 0 Å². The summed E-state index contributed by atoms with van der Waals surface area (Å²) in [5.74, 6) is -0.471. The van der Waals surface area contributed by atoms with Crippen molar-refractivity contribution in [1.82, 2.24) is 4.90 Å². The molecule has 0 radical (unpaired) electrons. The van der Waals surface area contributed by atoms with E-state index in [0.717, 1.165) is 12.8 Å². The number of esters is 1. The first-order valence-corrected chi connectivity index (χ1v) is 6.98. The van der Waals surface area contributed by atoms with Gasteiger partial charge in [-0.1, -0.05) is 6.07 Å². The van der Waals surface area contributed by atoms with Crippen molar-refractivity contribution in [2.24, 2.45) is 0 Å². The molecular formula is C15H20N2O4. The van der Waals surface area contributed by atoms with Crippen LogP contribution < -0.4 is 5.32 Å². The van der Waals surface area contributed by atoms with Crippen molar-refractivity contribution >= 4 is 17.6 Å². The van der Waals surface area contributed by atoms with Gasteiger partial charge >= 0.3 is 5.97 Å². The van der Waals surface area contributed by atoms with Gasteiger partial charge in [0.25, 0.3) is 5.91 Å². The highest BCUT2D eigenvalue weighted by molar-refractivity contribution is 5.95. The molecule has 0 spiro atoms. The van der Waals surface area contributed by atoms with Crippen molar-refractivity contribution in [2.45, 2.75) is 18.9 Å². The Morgan fingerprint density at radius 2 is 2.29 bits per heavy atom. The molecule has 1 amide bonds. The molecular weight excluding hydrogens is 272 g/mol. The first-order chi connectivity index (χ1) is 10.1. The lowest BCUT2D eigenvalue weighted by atomic mass is 10.1. The first kappa shape index (κ1) is 15.3. The fourth-order valence-corrected chi connectivity index (χ4v) is 2.33. The summed E-state index contributed by atoms with van der Waals surface area (Å²) in [6.07, 6.45) is 1.11. The minimum atomic E-state index is -0.441.